The van der Waals surface area contributed by atoms with Crippen LogP contribution in [0.15, 0.2) is 33.7 Å². The number of hydrogen-bond donors (Lipinski definition) is 2. The smallest absolute Gasteiger partial charge is 0.353 e. The summed E-state index contributed by atoms with van der Waals surface area (Å²) in [4.78, 5) is 26.7. The SMILES string of the molecule is COP(=O)(/C=C/[C@H]1O[C@@H](n2ccc(=O)[nH]c2=O)[C@H](OCCCN)[C@@H]1OP(OCCC#N)N(C(C)C)C(C)C)OC. The van der Waals surface area contributed by atoms with Gasteiger partial charge < -0.3 is 33.3 Å². The first-order chi connectivity index (χ1) is 19.0. The highest BCUT2D eigenvalue weighted by atomic mass is 31.2. The fourth-order valence-corrected chi connectivity index (χ4v) is 6.58. The summed E-state index contributed by atoms with van der Waals surface area (Å²) in [5.41, 5.74) is 4.42. The van der Waals surface area contributed by atoms with Gasteiger partial charge in [0.2, 0.25) is 0 Å². The van der Waals surface area contributed by atoms with Crippen LogP contribution in [0.2, 0.25) is 0 Å². The van der Waals surface area contributed by atoms with Crippen molar-refractivity contribution in [3.8, 4) is 6.07 Å². The highest BCUT2D eigenvalue weighted by molar-refractivity contribution is 7.57. The molecule has 3 N–H and O–H groups in total. The van der Waals surface area contributed by atoms with Crippen LogP contribution in [-0.2, 0) is 32.1 Å². The fraction of sp³-hybridized carbons (Fsp3) is 0.708. The Morgan fingerprint density at radius 2 is 1.90 bits per heavy atom. The van der Waals surface area contributed by atoms with Crippen molar-refractivity contribution in [3.05, 3.63) is 45.0 Å². The number of aromatic nitrogens is 2. The first kappa shape index (κ1) is 34.5. The zero-order valence-electron chi connectivity index (χ0n) is 23.8. The van der Waals surface area contributed by atoms with Crippen LogP contribution in [0.25, 0.3) is 0 Å². The lowest BCUT2D eigenvalue weighted by Gasteiger charge is -2.38. The van der Waals surface area contributed by atoms with Gasteiger partial charge in [0.25, 0.3) is 14.1 Å². The molecule has 0 aliphatic carbocycles. The quantitative estimate of drug-likeness (QED) is 0.196. The molecule has 0 spiro atoms. The molecule has 1 aliphatic rings. The van der Waals surface area contributed by atoms with Gasteiger partial charge >= 0.3 is 13.3 Å². The third kappa shape index (κ3) is 9.39. The molecule has 1 aromatic rings. The van der Waals surface area contributed by atoms with Gasteiger partial charge in [0.15, 0.2) is 6.23 Å². The predicted molar refractivity (Wildman–Crippen MR) is 149 cm³/mol. The maximum Gasteiger partial charge on any atom is 0.353 e. The van der Waals surface area contributed by atoms with Gasteiger partial charge in [0.05, 0.1) is 19.1 Å². The summed E-state index contributed by atoms with van der Waals surface area (Å²) in [6, 6.07) is 3.29. The van der Waals surface area contributed by atoms with Crippen LogP contribution in [0.1, 0.15) is 46.8 Å². The highest BCUT2D eigenvalue weighted by Gasteiger charge is 2.49. The van der Waals surface area contributed by atoms with E-state index in [0.717, 1.165) is 0 Å². The van der Waals surface area contributed by atoms with Crippen molar-refractivity contribution in [1.82, 2.24) is 14.2 Å². The van der Waals surface area contributed by atoms with E-state index < -0.39 is 51.9 Å². The normalized spacial score (nSPS) is 22.5. The number of nitrogens with zero attached hydrogens (tertiary/aromatic N) is 3. The van der Waals surface area contributed by atoms with Gasteiger partial charge in [-0.1, -0.05) is 0 Å². The van der Waals surface area contributed by atoms with E-state index in [9.17, 15) is 14.2 Å². The highest BCUT2D eigenvalue weighted by Crippen LogP contribution is 2.52. The Morgan fingerprint density at radius 3 is 2.45 bits per heavy atom. The zero-order chi connectivity index (χ0) is 29.9. The van der Waals surface area contributed by atoms with E-state index in [4.69, 9.17) is 38.6 Å². The molecule has 1 unspecified atom stereocenters. The van der Waals surface area contributed by atoms with Crippen molar-refractivity contribution >= 4 is 16.1 Å². The van der Waals surface area contributed by atoms with E-state index >= 15 is 0 Å². The minimum absolute atomic E-state index is 0.0148. The Kier molecular flexibility index (Phi) is 14.3. The maximum atomic E-state index is 12.8. The molecule has 1 fully saturated rings. The van der Waals surface area contributed by atoms with E-state index in [1.165, 1.54) is 42.9 Å². The molecule has 0 bridgehead atoms. The molecule has 2 rings (SSSR count). The predicted octanol–water partition coefficient (Wildman–Crippen LogP) is 2.83. The van der Waals surface area contributed by atoms with Crippen molar-refractivity contribution in [2.24, 2.45) is 5.73 Å². The Hall–Kier alpha value is -1.75. The maximum absolute atomic E-state index is 12.8. The number of ether oxygens (including phenoxy) is 2. The van der Waals surface area contributed by atoms with Crippen LogP contribution in [0.5, 0.6) is 0 Å². The van der Waals surface area contributed by atoms with Gasteiger partial charge in [-0.25, -0.2) is 9.46 Å². The lowest BCUT2D eigenvalue weighted by molar-refractivity contribution is -0.0670. The molecule has 226 valence electrons. The minimum Gasteiger partial charge on any atom is -0.371 e. The molecule has 1 aliphatic heterocycles. The number of rotatable bonds is 17. The first-order valence-corrected chi connectivity index (χ1v) is 15.7. The van der Waals surface area contributed by atoms with E-state index in [-0.39, 0.29) is 31.7 Å². The number of hydrogen-bond acceptors (Lipinski definition) is 12. The molecule has 40 heavy (non-hydrogen) atoms. The second kappa shape index (κ2) is 16.6. The van der Waals surface area contributed by atoms with E-state index in [1.54, 1.807) is 0 Å². The molecule has 0 radical (unpaired) electrons. The van der Waals surface area contributed by atoms with Crippen LogP contribution >= 0.6 is 16.1 Å². The number of aromatic amines is 1. The van der Waals surface area contributed by atoms with Crippen LogP contribution in [0, 0.1) is 11.3 Å². The third-order valence-electron chi connectivity index (χ3n) is 5.85. The van der Waals surface area contributed by atoms with Crippen molar-refractivity contribution in [2.45, 2.75) is 77.2 Å². The lowest BCUT2D eigenvalue weighted by Crippen LogP contribution is -2.41. The largest absolute Gasteiger partial charge is 0.371 e. The number of nitriles is 1. The Balaban J connectivity index is 2.61. The van der Waals surface area contributed by atoms with Gasteiger partial charge in [0, 0.05) is 51.0 Å². The van der Waals surface area contributed by atoms with Crippen molar-refractivity contribution < 1.29 is 32.1 Å². The topological polar surface area (TPSA) is 180 Å². The second-order valence-electron chi connectivity index (χ2n) is 9.35. The van der Waals surface area contributed by atoms with Gasteiger partial charge in [-0.2, -0.15) is 5.26 Å². The van der Waals surface area contributed by atoms with Crippen molar-refractivity contribution in [3.63, 3.8) is 0 Å². The van der Waals surface area contributed by atoms with Crippen LogP contribution in [-0.4, -0.2) is 78.6 Å². The number of nitrogens with one attached hydrogen (secondary N) is 1. The fourth-order valence-electron chi connectivity index (χ4n) is 4.06. The Morgan fingerprint density at radius 1 is 1.23 bits per heavy atom. The summed E-state index contributed by atoms with van der Waals surface area (Å²) >= 11 is 0. The molecule has 5 atom stereocenters. The molecule has 1 aromatic heterocycles. The van der Waals surface area contributed by atoms with E-state index in [0.29, 0.717) is 13.0 Å². The van der Waals surface area contributed by atoms with Crippen molar-refractivity contribution in [1.29, 1.82) is 5.26 Å². The van der Waals surface area contributed by atoms with Crippen LogP contribution in [0.3, 0.4) is 0 Å². The summed E-state index contributed by atoms with van der Waals surface area (Å²) in [5.74, 6) is 1.25. The lowest BCUT2D eigenvalue weighted by atomic mass is 10.1. The standard InChI is InChI=1S/C24H41N5O9P2/c1-17(2)29(18(3)4)39(36-15-8-12-26)38-21-19(10-16-40(32,33-5)34-6)37-23(22(21)35-14-7-11-25)28-13-9-20(30)27-24(28)31/h9-10,13,16-19,21-23H,7-8,11,14-15,25H2,1-6H3,(H,27,30,31)/b16-10+/t19-,21-,22-,23-,39?/m1/s1. The van der Waals surface area contributed by atoms with Crippen LogP contribution in [0.4, 0.5) is 0 Å². The average molecular weight is 606 g/mol. The van der Waals surface area contributed by atoms with Gasteiger partial charge in [0.1, 0.15) is 18.3 Å². The van der Waals surface area contributed by atoms with Gasteiger partial charge in [-0.05, 0) is 46.7 Å². The molecule has 14 nitrogen and oxygen atoms in total. The van der Waals surface area contributed by atoms with E-state index in [2.05, 4.69) is 11.1 Å². The second-order valence-corrected chi connectivity index (χ2v) is 12.9. The van der Waals surface area contributed by atoms with Crippen molar-refractivity contribution in [2.75, 3.05) is 34.0 Å². The van der Waals surface area contributed by atoms with Gasteiger partial charge in [-0.15, -0.1) is 0 Å². The first-order valence-electron chi connectivity index (χ1n) is 13.0. The molecule has 0 saturated carbocycles. The summed E-state index contributed by atoms with van der Waals surface area (Å²) in [5, 5.41) is 9.08. The molecule has 0 amide bonds. The van der Waals surface area contributed by atoms with E-state index in [1.807, 2.05) is 32.4 Å². The summed E-state index contributed by atoms with van der Waals surface area (Å²) in [7, 11) is -2.83. The zero-order valence-corrected chi connectivity index (χ0v) is 25.6. The molecule has 0 aromatic carbocycles. The Bertz CT molecular complexity index is 1140. The Labute approximate surface area is 235 Å². The monoisotopic (exact) mass is 605 g/mol. The molecule has 16 heteroatoms. The van der Waals surface area contributed by atoms with Crippen LogP contribution < -0.4 is 17.0 Å². The van der Waals surface area contributed by atoms with Gasteiger partial charge in [-0.3, -0.25) is 18.9 Å². The summed E-state index contributed by atoms with van der Waals surface area (Å²) < 4.78 is 51.3. The summed E-state index contributed by atoms with van der Waals surface area (Å²) in [6.45, 7) is 8.74. The molecular formula is C24H41N5O9P2. The third-order valence-corrected chi connectivity index (χ3v) is 9.53. The summed E-state index contributed by atoms with van der Waals surface area (Å²) in [6.07, 6.45) is -0.223. The minimum atomic E-state index is -3.58. The molecule has 2 heterocycles. The average Bonchev–Trinajstić information content (AvgIpc) is 3.23. The number of H-pyrrole nitrogens is 1. The number of nitrogens with two attached hydrogens (primary N) is 1. The molecular weight excluding hydrogens is 564 g/mol. The molecule has 1 saturated heterocycles.